The molecule has 0 fully saturated rings. The van der Waals surface area contributed by atoms with Gasteiger partial charge in [-0.05, 0) is 25.7 Å². The Morgan fingerprint density at radius 1 is 0.917 bits per heavy atom. The van der Waals surface area contributed by atoms with Gasteiger partial charge in [0.05, 0.1) is 11.4 Å². The first-order valence-corrected chi connectivity index (χ1v) is 4.34. The second-order valence-electron chi connectivity index (χ2n) is 3.12. The van der Waals surface area contributed by atoms with Gasteiger partial charge in [-0.1, -0.05) is 6.42 Å². The van der Waals surface area contributed by atoms with Gasteiger partial charge in [-0.15, -0.1) is 5.10 Å². The number of anilines is 1. The molecule has 0 aromatic carbocycles. The van der Waals surface area contributed by atoms with E-state index < -0.39 is 0 Å². The molecule has 64 valence electrons. The van der Waals surface area contributed by atoms with Crippen LogP contribution in [0, 0.1) is 0 Å². The number of nitrogens with two attached hydrogens (primary N) is 1. The molecule has 0 saturated heterocycles. The summed E-state index contributed by atoms with van der Waals surface area (Å²) >= 11 is 0. The molecule has 0 amide bonds. The van der Waals surface area contributed by atoms with Crippen molar-refractivity contribution < 1.29 is 0 Å². The van der Waals surface area contributed by atoms with E-state index >= 15 is 0 Å². The minimum absolute atomic E-state index is 0.302. The number of aromatic nitrogens is 3. The van der Waals surface area contributed by atoms with E-state index in [1.54, 1.807) is 0 Å². The van der Waals surface area contributed by atoms with Gasteiger partial charge in [0.2, 0.25) is 5.95 Å². The Balaban J connectivity index is 2.36. The standard InChI is InChI=1S/C8H12N4/c9-8-10-6-4-2-1-3-5-7(6)11-12-8/h1-5H2,(H2,9,10,12). The molecule has 1 aliphatic carbocycles. The molecular weight excluding hydrogens is 152 g/mol. The van der Waals surface area contributed by atoms with Crippen LogP contribution >= 0.6 is 0 Å². The molecular formula is C8H12N4. The lowest BCUT2D eigenvalue weighted by molar-refractivity contribution is 0.705. The number of hydrogen-bond acceptors (Lipinski definition) is 4. The van der Waals surface area contributed by atoms with Crippen LogP contribution in [0.3, 0.4) is 0 Å². The summed E-state index contributed by atoms with van der Waals surface area (Å²) in [6.45, 7) is 0. The van der Waals surface area contributed by atoms with Crippen molar-refractivity contribution in [3.05, 3.63) is 11.4 Å². The number of hydrogen-bond donors (Lipinski definition) is 1. The Morgan fingerprint density at radius 3 is 2.50 bits per heavy atom. The Morgan fingerprint density at radius 2 is 1.67 bits per heavy atom. The molecule has 0 aliphatic heterocycles. The maximum absolute atomic E-state index is 5.45. The van der Waals surface area contributed by atoms with Gasteiger partial charge < -0.3 is 5.73 Å². The molecule has 0 atom stereocenters. The number of aryl methyl sites for hydroxylation is 2. The lowest BCUT2D eigenvalue weighted by Gasteiger charge is -2.01. The van der Waals surface area contributed by atoms with Crippen LogP contribution in [0.1, 0.15) is 30.7 Å². The lowest BCUT2D eigenvalue weighted by atomic mass is 10.2. The highest BCUT2D eigenvalue weighted by Gasteiger charge is 2.10. The van der Waals surface area contributed by atoms with Crippen LogP contribution in [0.25, 0.3) is 0 Å². The van der Waals surface area contributed by atoms with E-state index in [1.165, 1.54) is 19.3 Å². The van der Waals surface area contributed by atoms with Gasteiger partial charge in [-0.2, -0.15) is 5.10 Å². The minimum Gasteiger partial charge on any atom is -0.366 e. The zero-order chi connectivity index (χ0) is 8.39. The molecule has 2 rings (SSSR count). The largest absolute Gasteiger partial charge is 0.366 e. The predicted octanol–water partition coefficient (Wildman–Crippen LogP) is 0.723. The van der Waals surface area contributed by atoms with Crippen molar-refractivity contribution in [1.29, 1.82) is 0 Å². The van der Waals surface area contributed by atoms with Crippen molar-refractivity contribution in [2.24, 2.45) is 0 Å². The van der Waals surface area contributed by atoms with Crippen LogP contribution in [0.2, 0.25) is 0 Å². The van der Waals surface area contributed by atoms with Crippen molar-refractivity contribution in [3.8, 4) is 0 Å². The highest BCUT2D eigenvalue weighted by molar-refractivity contribution is 5.20. The van der Waals surface area contributed by atoms with Gasteiger partial charge in [-0.25, -0.2) is 4.98 Å². The van der Waals surface area contributed by atoms with E-state index in [2.05, 4.69) is 15.2 Å². The number of nitrogen functional groups attached to an aromatic ring is 1. The average Bonchev–Trinajstić information content (AvgIpc) is 2.28. The fourth-order valence-electron chi connectivity index (χ4n) is 1.55. The van der Waals surface area contributed by atoms with Crippen LogP contribution in [0.5, 0.6) is 0 Å². The molecule has 0 radical (unpaired) electrons. The van der Waals surface area contributed by atoms with Gasteiger partial charge in [0.25, 0.3) is 0 Å². The van der Waals surface area contributed by atoms with Crippen LogP contribution in [0.15, 0.2) is 0 Å². The first-order valence-electron chi connectivity index (χ1n) is 4.34. The molecule has 0 spiro atoms. The summed E-state index contributed by atoms with van der Waals surface area (Å²) in [6.07, 6.45) is 5.68. The third-order valence-corrected chi connectivity index (χ3v) is 2.18. The molecule has 4 nitrogen and oxygen atoms in total. The summed E-state index contributed by atoms with van der Waals surface area (Å²) in [7, 11) is 0. The Hall–Kier alpha value is -1.19. The monoisotopic (exact) mass is 164 g/mol. The van der Waals surface area contributed by atoms with Crippen LogP contribution in [-0.2, 0) is 12.8 Å². The van der Waals surface area contributed by atoms with E-state index in [9.17, 15) is 0 Å². The first-order chi connectivity index (χ1) is 5.86. The van der Waals surface area contributed by atoms with Crippen LogP contribution in [-0.4, -0.2) is 15.2 Å². The Bertz CT molecular complexity index is 284. The quantitative estimate of drug-likeness (QED) is 0.574. The van der Waals surface area contributed by atoms with E-state index in [0.29, 0.717) is 5.95 Å². The van der Waals surface area contributed by atoms with Crippen molar-refractivity contribution in [3.63, 3.8) is 0 Å². The topological polar surface area (TPSA) is 64.7 Å². The molecule has 1 aromatic rings. The SMILES string of the molecule is Nc1nnc2c(n1)CCCCC2. The first kappa shape index (κ1) is 7.46. The summed E-state index contributed by atoms with van der Waals surface area (Å²) in [5.74, 6) is 0.302. The normalized spacial score (nSPS) is 16.7. The fraction of sp³-hybridized carbons (Fsp3) is 0.625. The molecule has 0 unspecified atom stereocenters. The molecule has 2 N–H and O–H groups in total. The maximum atomic E-state index is 5.45. The number of nitrogens with zero attached hydrogens (tertiary/aromatic N) is 3. The summed E-state index contributed by atoms with van der Waals surface area (Å²) in [5, 5.41) is 7.79. The summed E-state index contributed by atoms with van der Waals surface area (Å²) < 4.78 is 0. The molecule has 12 heavy (non-hydrogen) atoms. The van der Waals surface area contributed by atoms with Crippen molar-refractivity contribution in [1.82, 2.24) is 15.2 Å². The number of rotatable bonds is 0. The second kappa shape index (κ2) is 3.05. The molecule has 4 heteroatoms. The summed E-state index contributed by atoms with van der Waals surface area (Å²) in [4.78, 5) is 4.18. The van der Waals surface area contributed by atoms with Crippen molar-refractivity contribution in [2.45, 2.75) is 32.1 Å². The molecule has 1 heterocycles. The summed E-state index contributed by atoms with van der Waals surface area (Å²) in [5.41, 5.74) is 7.55. The van der Waals surface area contributed by atoms with Gasteiger partial charge in [0.1, 0.15) is 0 Å². The van der Waals surface area contributed by atoms with E-state index in [1.807, 2.05) is 0 Å². The third-order valence-electron chi connectivity index (χ3n) is 2.18. The van der Waals surface area contributed by atoms with Gasteiger partial charge in [0.15, 0.2) is 0 Å². The lowest BCUT2D eigenvalue weighted by Crippen LogP contribution is -2.05. The Labute approximate surface area is 71.2 Å². The average molecular weight is 164 g/mol. The molecule has 0 bridgehead atoms. The molecule has 1 aliphatic rings. The highest BCUT2D eigenvalue weighted by Crippen LogP contribution is 2.16. The summed E-state index contributed by atoms with van der Waals surface area (Å²) in [6, 6.07) is 0. The van der Waals surface area contributed by atoms with Crippen LogP contribution < -0.4 is 5.73 Å². The van der Waals surface area contributed by atoms with E-state index in [-0.39, 0.29) is 0 Å². The van der Waals surface area contributed by atoms with Gasteiger partial charge in [-0.3, -0.25) is 0 Å². The van der Waals surface area contributed by atoms with Gasteiger partial charge >= 0.3 is 0 Å². The number of fused-ring (bicyclic) bond motifs is 1. The van der Waals surface area contributed by atoms with Crippen LogP contribution in [0.4, 0.5) is 5.95 Å². The highest BCUT2D eigenvalue weighted by atomic mass is 15.2. The zero-order valence-electron chi connectivity index (χ0n) is 6.95. The van der Waals surface area contributed by atoms with Crippen molar-refractivity contribution in [2.75, 3.05) is 5.73 Å². The van der Waals surface area contributed by atoms with Gasteiger partial charge in [0, 0.05) is 0 Å². The maximum Gasteiger partial charge on any atom is 0.240 e. The fourth-order valence-corrected chi connectivity index (χ4v) is 1.55. The smallest absolute Gasteiger partial charge is 0.240 e. The van der Waals surface area contributed by atoms with Crippen molar-refractivity contribution >= 4 is 5.95 Å². The van der Waals surface area contributed by atoms with E-state index in [0.717, 1.165) is 24.2 Å². The zero-order valence-corrected chi connectivity index (χ0v) is 6.95. The molecule has 0 saturated carbocycles. The predicted molar refractivity (Wildman–Crippen MR) is 45.5 cm³/mol. The second-order valence-corrected chi connectivity index (χ2v) is 3.12. The third kappa shape index (κ3) is 1.37. The minimum atomic E-state index is 0.302. The van der Waals surface area contributed by atoms with E-state index in [4.69, 9.17) is 5.73 Å². The Kier molecular flexibility index (Phi) is 1.89. The molecule has 1 aromatic heterocycles.